The number of aromatic nitrogens is 4. The van der Waals surface area contributed by atoms with E-state index in [0.717, 1.165) is 24.2 Å². The van der Waals surface area contributed by atoms with E-state index in [1.54, 1.807) is 6.20 Å². The first kappa shape index (κ1) is 13.0. The molecular formula is C13H17ClN4. The zero-order valence-electron chi connectivity index (χ0n) is 10.9. The van der Waals surface area contributed by atoms with Crippen LogP contribution in [-0.2, 0) is 13.0 Å². The highest BCUT2D eigenvalue weighted by Crippen LogP contribution is 2.19. The van der Waals surface area contributed by atoms with Crippen LogP contribution in [0.2, 0.25) is 5.15 Å². The molecule has 0 saturated carbocycles. The Kier molecular flexibility index (Phi) is 3.97. The first-order valence-corrected chi connectivity index (χ1v) is 6.52. The molecule has 0 aliphatic carbocycles. The molecule has 0 bridgehead atoms. The van der Waals surface area contributed by atoms with Gasteiger partial charge in [-0.25, -0.2) is 9.97 Å². The SMILES string of the molecule is CCn1cc(-c2nc(Cl)cc(CC(C)C)n2)cn1. The summed E-state index contributed by atoms with van der Waals surface area (Å²) < 4.78 is 1.85. The van der Waals surface area contributed by atoms with Crippen molar-refractivity contribution >= 4 is 11.6 Å². The summed E-state index contributed by atoms with van der Waals surface area (Å²) >= 11 is 6.05. The third-order valence-corrected chi connectivity index (χ3v) is 2.77. The number of hydrogen-bond acceptors (Lipinski definition) is 3. The summed E-state index contributed by atoms with van der Waals surface area (Å²) in [6.07, 6.45) is 4.61. The Labute approximate surface area is 112 Å². The highest BCUT2D eigenvalue weighted by atomic mass is 35.5. The molecule has 0 amide bonds. The van der Waals surface area contributed by atoms with Gasteiger partial charge in [0.1, 0.15) is 5.15 Å². The van der Waals surface area contributed by atoms with Crippen LogP contribution in [0.3, 0.4) is 0 Å². The fourth-order valence-corrected chi connectivity index (χ4v) is 1.97. The van der Waals surface area contributed by atoms with Gasteiger partial charge in [0.2, 0.25) is 0 Å². The molecular weight excluding hydrogens is 248 g/mol. The number of halogens is 1. The maximum Gasteiger partial charge on any atom is 0.164 e. The van der Waals surface area contributed by atoms with Crippen LogP contribution in [0.4, 0.5) is 0 Å². The Morgan fingerprint density at radius 1 is 1.33 bits per heavy atom. The number of nitrogens with zero attached hydrogens (tertiary/aromatic N) is 4. The van der Waals surface area contributed by atoms with E-state index in [0.29, 0.717) is 16.9 Å². The van der Waals surface area contributed by atoms with Crippen molar-refractivity contribution in [2.75, 3.05) is 0 Å². The fourth-order valence-electron chi connectivity index (χ4n) is 1.77. The molecule has 4 nitrogen and oxygen atoms in total. The summed E-state index contributed by atoms with van der Waals surface area (Å²) in [6, 6.07) is 1.83. The van der Waals surface area contributed by atoms with Crippen LogP contribution in [0.5, 0.6) is 0 Å². The van der Waals surface area contributed by atoms with E-state index < -0.39 is 0 Å². The van der Waals surface area contributed by atoms with E-state index >= 15 is 0 Å². The van der Waals surface area contributed by atoms with Crippen molar-refractivity contribution in [3.05, 3.63) is 29.3 Å². The Hall–Kier alpha value is -1.42. The van der Waals surface area contributed by atoms with Gasteiger partial charge in [0.15, 0.2) is 5.82 Å². The van der Waals surface area contributed by atoms with Gasteiger partial charge >= 0.3 is 0 Å². The van der Waals surface area contributed by atoms with E-state index in [2.05, 4.69) is 28.9 Å². The summed E-state index contributed by atoms with van der Waals surface area (Å²) in [5, 5.41) is 4.71. The van der Waals surface area contributed by atoms with E-state index in [1.165, 1.54) is 0 Å². The van der Waals surface area contributed by atoms with Gasteiger partial charge < -0.3 is 0 Å². The molecule has 5 heteroatoms. The standard InChI is InChI=1S/C13H17ClN4/c1-4-18-8-10(7-15-18)13-16-11(5-9(2)3)6-12(14)17-13/h6-9H,4-5H2,1-3H3. The normalized spacial score (nSPS) is 11.2. The monoisotopic (exact) mass is 264 g/mol. The second-order valence-corrected chi connectivity index (χ2v) is 5.08. The molecule has 0 saturated heterocycles. The predicted molar refractivity (Wildman–Crippen MR) is 72.5 cm³/mol. The maximum atomic E-state index is 6.05. The quantitative estimate of drug-likeness (QED) is 0.797. The van der Waals surface area contributed by atoms with Gasteiger partial charge in [-0.15, -0.1) is 0 Å². The maximum absolute atomic E-state index is 6.05. The van der Waals surface area contributed by atoms with Crippen molar-refractivity contribution in [2.24, 2.45) is 5.92 Å². The van der Waals surface area contributed by atoms with Crippen molar-refractivity contribution in [1.82, 2.24) is 19.7 Å². The van der Waals surface area contributed by atoms with Crippen LogP contribution in [0.1, 0.15) is 26.5 Å². The van der Waals surface area contributed by atoms with Gasteiger partial charge in [0, 0.05) is 18.4 Å². The number of rotatable bonds is 4. The van der Waals surface area contributed by atoms with Crippen molar-refractivity contribution in [1.29, 1.82) is 0 Å². The minimum absolute atomic E-state index is 0.486. The summed E-state index contributed by atoms with van der Waals surface area (Å²) in [4.78, 5) is 8.80. The Balaban J connectivity index is 2.35. The molecule has 0 aliphatic heterocycles. The third kappa shape index (κ3) is 3.07. The Morgan fingerprint density at radius 2 is 2.11 bits per heavy atom. The topological polar surface area (TPSA) is 43.6 Å². The van der Waals surface area contributed by atoms with E-state index in [-0.39, 0.29) is 0 Å². The van der Waals surface area contributed by atoms with E-state index in [4.69, 9.17) is 11.6 Å². The third-order valence-electron chi connectivity index (χ3n) is 2.58. The van der Waals surface area contributed by atoms with Gasteiger partial charge in [-0.2, -0.15) is 5.10 Å². The van der Waals surface area contributed by atoms with Crippen LogP contribution < -0.4 is 0 Å². The lowest BCUT2D eigenvalue weighted by Gasteiger charge is -2.06. The second-order valence-electron chi connectivity index (χ2n) is 4.69. The smallest absolute Gasteiger partial charge is 0.164 e. The van der Waals surface area contributed by atoms with Crippen molar-refractivity contribution in [3.8, 4) is 11.4 Å². The second kappa shape index (κ2) is 5.48. The molecule has 0 aromatic carbocycles. The first-order chi connectivity index (χ1) is 8.58. The Bertz CT molecular complexity index is 534. The molecule has 2 heterocycles. The largest absolute Gasteiger partial charge is 0.272 e. The highest BCUT2D eigenvalue weighted by molar-refractivity contribution is 6.29. The van der Waals surface area contributed by atoms with E-state index in [1.807, 2.05) is 23.9 Å². The van der Waals surface area contributed by atoms with Crippen LogP contribution in [0.25, 0.3) is 11.4 Å². The summed E-state index contributed by atoms with van der Waals surface area (Å²) in [6.45, 7) is 7.19. The molecule has 0 unspecified atom stereocenters. The predicted octanol–water partition coefficient (Wildman–Crippen LogP) is 3.21. The summed E-state index contributed by atoms with van der Waals surface area (Å²) in [7, 11) is 0. The molecule has 2 rings (SSSR count). The lowest BCUT2D eigenvalue weighted by molar-refractivity contribution is 0.634. The van der Waals surface area contributed by atoms with Gasteiger partial charge in [-0.1, -0.05) is 25.4 Å². The molecule has 18 heavy (non-hydrogen) atoms. The lowest BCUT2D eigenvalue weighted by Crippen LogP contribution is -2.00. The van der Waals surface area contributed by atoms with Gasteiger partial charge in [-0.05, 0) is 25.3 Å². The summed E-state index contributed by atoms with van der Waals surface area (Å²) in [5.41, 5.74) is 1.88. The van der Waals surface area contributed by atoms with Crippen LogP contribution in [0, 0.1) is 5.92 Å². The van der Waals surface area contributed by atoms with Crippen LogP contribution >= 0.6 is 11.6 Å². The molecule has 0 aliphatic rings. The molecule has 0 N–H and O–H groups in total. The van der Waals surface area contributed by atoms with Gasteiger partial charge in [-0.3, -0.25) is 4.68 Å². The van der Waals surface area contributed by atoms with Gasteiger partial charge in [0.25, 0.3) is 0 Å². The molecule has 0 fully saturated rings. The first-order valence-electron chi connectivity index (χ1n) is 6.14. The zero-order valence-corrected chi connectivity index (χ0v) is 11.6. The minimum atomic E-state index is 0.486. The van der Waals surface area contributed by atoms with E-state index in [9.17, 15) is 0 Å². The van der Waals surface area contributed by atoms with Crippen molar-refractivity contribution < 1.29 is 0 Å². The Morgan fingerprint density at radius 3 is 2.72 bits per heavy atom. The zero-order chi connectivity index (χ0) is 13.1. The fraction of sp³-hybridized carbons (Fsp3) is 0.462. The molecule has 0 atom stereocenters. The number of aryl methyl sites for hydroxylation is 1. The molecule has 0 spiro atoms. The lowest BCUT2D eigenvalue weighted by atomic mass is 10.1. The molecule has 96 valence electrons. The molecule has 0 radical (unpaired) electrons. The highest BCUT2D eigenvalue weighted by Gasteiger charge is 2.09. The van der Waals surface area contributed by atoms with Crippen LogP contribution in [-0.4, -0.2) is 19.7 Å². The number of hydrogen-bond donors (Lipinski definition) is 0. The molecule has 2 aromatic rings. The average molecular weight is 265 g/mol. The molecule has 2 aromatic heterocycles. The van der Waals surface area contributed by atoms with Crippen LogP contribution in [0.15, 0.2) is 18.5 Å². The van der Waals surface area contributed by atoms with Crippen molar-refractivity contribution in [3.63, 3.8) is 0 Å². The van der Waals surface area contributed by atoms with Crippen molar-refractivity contribution in [2.45, 2.75) is 33.7 Å². The van der Waals surface area contributed by atoms with Gasteiger partial charge in [0.05, 0.1) is 11.8 Å². The summed E-state index contributed by atoms with van der Waals surface area (Å²) in [5.74, 6) is 1.19. The average Bonchev–Trinajstić information content (AvgIpc) is 2.75. The minimum Gasteiger partial charge on any atom is -0.272 e.